The average Bonchev–Trinajstić information content (AvgIpc) is 3.18. The molecular formula is C23H20F3N3O4. The Bertz CT molecular complexity index is 1160. The fourth-order valence-electron chi connectivity index (χ4n) is 3.08. The quantitative estimate of drug-likeness (QED) is 0.131. The molecule has 0 atom stereocenters. The van der Waals surface area contributed by atoms with E-state index in [1.165, 1.54) is 47.2 Å². The number of non-ortho nitro benzene ring substituents is 1. The molecule has 0 aliphatic carbocycles. The maximum Gasteiger partial charge on any atom is 0.330 e. The molecule has 0 spiro atoms. The number of hydrogen-bond acceptors (Lipinski definition) is 5. The zero-order valence-corrected chi connectivity index (χ0v) is 17.6. The minimum Gasteiger partial charge on any atom is -0.463 e. The fraction of sp³-hybridized carbons (Fsp3) is 0.217. The molecular weight excluding hydrogens is 439 g/mol. The van der Waals surface area contributed by atoms with Crippen LogP contribution in [-0.4, -0.2) is 27.3 Å². The van der Waals surface area contributed by atoms with Gasteiger partial charge >= 0.3 is 5.97 Å². The summed E-state index contributed by atoms with van der Waals surface area (Å²) in [6.07, 6.45) is 0.721. The number of carbonyl (C=O) groups is 1. The van der Waals surface area contributed by atoms with Crippen molar-refractivity contribution in [2.75, 3.05) is 6.61 Å². The largest absolute Gasteiger partial charge is 0.463 e. The molecule has 0 amide bonds. The van der Waals surface area contributed by atoms with Crippen LogP contribution in [0.4, 0.5) is 18.9 Å². The second-order valence-corrected chi connectivity index (χ2v) is 6.99. The van der Waals surface area contributed by atoms with Crippen molar-refractivity contribution in [3.05, 3.63) is 81.8 Å². The molecule has 1 heterocycles. The van der Waals surface area contributed by atoms with Crippen LogP contribution >= 0.6 is 0 Å². The number of rotatable bonds is 9. The first-order valence-electron chi connectivity index (χ1n) is 10.1. The summed E-state index contributed by atoms with van der Waals surface area (Å²) in [5.74, 6) is -1.22. The molecule has 0 aliphatic heterocycles. The van der Waals surface area contributed by atoms with Crippen LogP contribution < -0.4 is 0 Å². The lowest BCUT2D eigenvalue weighted by atomic mass is 10.0. The van der Waals surface area contributed by atoms with Crippen molar-refractivity contribution >= 4 is 17.7 Å². The topological polar surface area (TPSA) is 87.3 Å². The van der Waals surface area contributed by atoms with E-state index in [2.05, 4.69) is 5.10 Å². The summed E-state index contributed by atoms with van der Waals surface area (Å²) in [5, 5.41) is 15.0. The lowest BCUT2D eigenvalue weighted by Crippen LogP contribution is -2.02. The molecule has 3 rings (SSSR count). The van der Waals surface area contributed by atoms with E-state index in [-0.39, 0.29) is 29.2 Å². The minimum absolute atomic E-state index is 0.0533. The van der Waals surface area contributed by atoms with E-state index in [0.717, 1.165) is 24.6 Å². The van der Waals surface area contributed by atoms with Crippen LogP contribution in [0.25, 0.3) is 23.0 Å². The molecule has 2 aromatic carbocycles. The van der Waals surface area contributed by atoms with Gasteiger partial charge in [-0.25, -0.2) is 22.6 Å². The lowest BCUT2D eigenvalue weighted by molar-refractivity contribution is -0.384. The number of aromatic nitrogens is 2. The van der Waals surface area contributed by atoms with Crippen LogP contribution in [0.3, 0.4) is 0 Å². The summed E-state index contributed by atoms with van der Waals surface area (Å²) >= 11 is 0. The van der Waals surface area contributed by atoms with Gasteiger partial charge in [-0.1, -0.05) is 13.3 Å². The number of hydrogen-bond donors (Lipinski definition) is 0. The summed E-state index contributed by atoms with van der Waals surface area (Å²) in [4.78, 5) is 22.4. The molecule has 33 heavy (non-hydrogen) atoms. The zero-order valence-electron chi connectivity index (χ0n) is 17.6. The van der Waals surface area contributed by atoms with Crippen LogP contribution in [0.2, 0.25) is 0 Å². The van der Waals surface area contributed by atoms with Crippen LogP contribution in [0.15, 0.2) is 54.6 Å². The van der Waals surface area contributed by atoms with Gasteiger partial charge in [-0.2, -0.15) is 5.10 Å². The average molecular weight is 459 g/mol. The van der Waals surface area contributed by atoms with Crippen molar-refractivity contribution in [1.82, 2.24) is 9.78 Å². The van der Waals surface area contributed by atoms with Gasteiger partial charge in [-0.05, 0) is 48.9 Å². The minimum atomic E-state index is -2.99. The third kappa shape index (κ3) is 5.65. The highest BCUT2D eigenvalue weighted by Crippen LogP contribution is 2.35. The molecule has 0 aliphatic rings. The van der Waals surface area contributed by atoms with Gasteiger partial charge in [0.1, 0.15) is 11.5 Å². The summed E-state index contributed by atoms with van der Waals surface area (Å²) in [5.41, 5.74) is -0.0529. The monoisotopic (exact) mass is 459 g/mol. The van der Waals surface area contributed by atoms with Crippen LogP contribution in [0, 0.1) is 15.9 Å². The lowest BCUT2D eigenvalue weighted by Gasteiger charge is -2.09. The number of nitrogens with zero attached hydrogens (tertiary/aromatic N) is 3. The normalized spacial score (nSPS) is 11.3. The van der Waals surface area contributed by atoms with Gasteiger partial charge in [0, 0.05) is 29.3 Å². The maximum atomic E-state index is 13.9. The Morgan fingerprint density at radius 2 is 1.85 bits per heavy atom. The first-order valence-corrected chi connectivity index (χ1v) is 10.1. The van der Waals surface area contributed by atoms with E-state index in [1.807, 2.05) is 6.92 Å². The molecule has 1 aromatic heterocycles. The smallest absolute Gasteiger partial charge is 0.330 e. The Morgan fingerprint density at radius 1 is 1.18 bits per heavy atom. The third-order valence-electron chi connectivity index (χ3n) is 4.71. The van der Waals surface area contributed by atoms with E-state index in [0.29, 0.717) is 12.0 Å². The van der Waals surface area contributed by atoms with Crippen LogP contribution in [0.5, 0.6) is 0 Å². The summed E-state index contributed by atoms with van der Waals surface area (Å²) in [6.45, 7) is 2.13. The fourth-order valence-corrected chi connectivity index (χ4v) is 3.08. The van der Waals surface area contributed by atoms with Crippen LogP contribution in [-0.2, 0) is 9.53 Å². The predicted molar refractivity (Wildman–Crippen MR) is 115 cm³/mol. The Morgan fingerprint density at radius 3 is 2.42 bits per heavy atom. The van der Waals surface area contributed by atoms with Gasteiger partial charge in [0.2, 0.25) is 0 Å². The van der Waals surface area contributed by atoms with Crippen LogP contribution in [0.1, 0.15) is 37.4 Å². The van der Waals surface area contributed by atoms with Gasteiger partial charge in [0.05, 0.1) is 22.9 Å². The molecule has 0 saturated carbocycles. The van der Waals surface area contributed by atoms with Crippen molar-refractivity contribution in [2.45, 2.75) is 26.2 Å². The molecule has 0 radical (unpaired) electrons. The van der Waals surface area contributed by atoms with Gasteiger partial charge < -0.3 is 4.74 Å². The number of alkyl halides is 2. The van der Waals surface area contributed by atoms with Gasteiger partial charge in [-0.15, -0.1) is 0 Å². The van der Waals surface area contributed by atoms with Crippen molar-refractivity contribution in [2.24, 2.45) is 0 Å². The highest BCUT2D eigenvalue weighted by molar-refractivity contribution is 5.89. The summed E-state index contributed by atoms with van der Waals surface area (Å²) in [6, 6.07) is 10.3. The Balaban J connectivity index is 2.14. The van der Waals surface area contributed by atoms with Crippen molar-refractivity contribution in [3.63, 3.8) is 0 Å². The number of esters is 1. The third-order valence-corrected chi connectivity index (χ3v) is 4.71. The van der Waals surface area contributed by atoms with Crippen molar-refractivity contribution in [1.29, 1.82) is 0 Å². The highest BCUT2D eigenvalue weighted by Gasteiger charge is 2.25. The molecule has 7 nitrogen and oxygen atoms in total. The molecule has 3 aromatic rings. The Kier molecular flexibility index (Phi) is 7.60. The van der Waals surface area contributed by atoms with Gasteiger partial charge in [-0.3, -0.25) is 10.1 Å². The van der Waals surface area contributed by atoms with Crippen molar-refractivity contribution in [3.8, 4) is 16.9 Å². The van der Waals surface area contributed by atoms with E-state index in [1.54, 1.807) is 0 Å². The second-order valence-electron chi connectivity index (χ2n) is 6.99. The first-order chi connectivity index (χ1) is 15.8. The maximum absolute atomic E-state index is 13.9. The molecule has 0 N–H and O–H groups in total. The molecule has 0 unspecified atom stereocenters. The van der Waals surface area contributed by atoms with E-state index in [9.17, 15) is 28.1 Å². The number of ether oxygens (including phenoxy) is 1. The number of nitro benzene ring substituents is 1. The Labute approximate surface area is 187 Å². The number of nitro groups is 1. The molecule has 0 saturated heterocycles. The van der Waals surface area contributed by atoms with E-state index < -0.39 is 28.8 Å². The highest BCUT2D eigenvalue weighted by atomic mass is 19.3. The summed E-state index contributed by atoms with van der Waals surface area (Å²) < 4.78 is 47.5. The molecule has 0 fully saturated rings. The van der Waals surface area contributed by atoms with E-state index >= 15 is 0 Å². The predicted octanol–water partition coefficient (Wildman–Crippen LogP) is 5.88. The van der Waals surface area contributed by atoms with Gasteiger partial charge in [0.15, 0.2) is 0 Å². The van der Waals surface area contributed by atoms with Crippen molar-refractivity contribution < 1.29 is 27.6 Å². The van der Waals surface area contributed by atoms with Gasteiger partial charge in [0.25, 0.3) is 12.1 Å². The zero-order chi connectivity index (χ0) is 24.0. The molecule has 10 heteroatoms. The number of benzene rings is 2. The molecule has 172 valence electrons. The molecule has 0 bridgehead atoms. The number of halogens is 3. The van der Waals surface area contributed by atoms with E-state index in [4.69, 9.17) is 4.74 Å². The SMILES string of the molecule is CCCCOC(=O)/C=C/c1c(C(F)F)nn(-c2ccc([N+](=O)[O-])cc2)c1-c1ccc(F)cc1. The number of carbonyl (C=O) groups excluding carboxylic acids is 1. The first kappa shape index (κ1) is 23.7. The summed E-state index contributed by atoms with van der Waals surface area (Å²) in [7, 11) is 0. The second kappa shape index (κ2) is 10.6. The number of unbranched alkanes of at least 4 members (excludes halogenated alkanes) is 1. The Hall–Kier alpha value is -3.95. The standard InChI is InChI=1S/C23H20F3N3O4/c1-2-3-14-33-20(30)13-12-19-21(23(25)26)27-28(17-8-10-18(11-9-17)29(31)32)22(19)15-4-6-16(24)7-5-15/h4-13,23H,2-3,14H2,1H3/b13-12+.